The quantitative estimate of drug-likeness (QED) is 0.506. The highest BCUT2D eigenvalue weighted by Gasteiger charge is 2.07. The van der Waals surface area contributed by atoms with Gasteiger partial charge < -0.3 is 10.2 Å². The zero-order valence-corrected chi connectivity index (χ0v) is 13.4. The van der Waals surface area contributed by atoms with E-state index >= 15 is 0 Å². The van der Waals surface area contributed by atoms with Gasteiger partial charge in [-0.3, -0.25) is 10.1 Å². The Bertz CT molecular complexity index is 562. The van der Waals surface area contributed by atoms with Crippen LogP contribution < -0.4 is 5.32 Å². The van der Waals surface area contributed by atoms with Crippen molar-refractivity contribution in [3.8, 4) is 0 Å². The largest absolute Gasteiger partial charge is 0.351 e. The summed E-state index contributed by atoms with van der Waals surface area (Å²) in [5, 5.41) is 10.2. The van der Waals surface area contributed by atoms with Gasteiger partial charge in [0.25, 0.3) is 0 Å². The van der Waals surface area contributed by atoms with Gasteiger partial charge in [0.1, 0.15) is 0 Å². The molecule has 1 heterocycles. The fourth-order valence-corrected chi connectivity index (χ4v) is 2.43. The average molecular weight is 303 g/mol. The summed E-state index contributed by atoms with van der Waals surface area (Å²) in [5.74, 6) is 0.860. The number of aromatic amines is 1. The van der Waals surface area contributed by atoms with Crippen LogP contribution in [0.2, 0.25) is 0 Å². The van der Waals surface area contributed by atoms with Crippen molar-refractivity contribution in [2.24, 2.45) is 4.99 Å². The molecule has 0 saturated heterocycles. The summed E-state index contributed by atoms with van der Waals surface area (Å²) in [4.78, 5) is 7.69. The first-order valence-corrected chi connectivity index (χ1v) is 7.98. The number of rotatable bonds is 5. The van der Waals surface area contributed by atoms with Crippen molar-refractivity contribution in [1.82, 2.24) is 20.4 Å². The molecule has 0 spiro atoms. The molecule has 21 heavy (non-hydrogen) atoms. The van der Waals surface area contributed by atoms with Gasteiger partial charge in [-0.15, -0.1) is 11.8 Å². The molecule has 6 heteroatoms. The third kappa shape index (κ3) is 4.53. The lowest BCUT2D eigenvalue weighted by Gasteiger charge is -2.22. The molecule has 2 N–H and O–H groups in total. The van der Waals surface area contributed by atoms with E-state index in [-0.39, 0.29) is 0 Å². The predicted molar refractivity (Wildman–Crippen MR) is 88.5 cm³/mol. The first kappa shape index (κ1) is 15.4. The Balaban J connectivity index is 1.91. The molecule has 0 aliphatic rings. The molecular formula is C15H21N5S. The number of benzene rings is 1. The fraction of sp³-hybridized carbons (Fsp3) is 0.333. The third-order valence-corrected chi connectivity index (χ3v) is 3.89. The molecule has 112 valence electrons. The summed E-state index contributed by atoms with van der Waals surface area (Å²) in [6, 6.07) is 10.6. The van der Waals surface area contributed by atoms with Crippen LogP contribution in [0.5, 0.6) is 0 Å². The predicted octanol–water partition coefficient (Wildman–Crippen LogP) is 2.34. The van der Waals surface area contributed by atoms with Crippen LogP contribution in [-0.4, -0.2) is 41.4 Å². The smallest absolute Gasteiger partial charge is 0.194 e. The second kappa shape index (κ2) is 7.73. The van der Waals surface area contributed by atoms with E-state index < -0.39 is 0 Å². The molecule has 0 amide bonds. The van der Waals surface area contributed by atoms with Gasteiger partial charge in [0.15, 0.2) is 5.96 Å². The van der Waals surface area contributed by atoms with Crippen LogP contribution in [0.25, 0.3) is 0 Å². The number of guanidine groups is 1. The normalized spacial score (nSPS) is 11.5. The van der Waals surface area contributed by atoms with E-state index in [1.54, 1.807) is 25.0 Å². The molecule has 5 nitrogen and oxygen atoms in total. The van der Waals surface area contributed by atoms with Crippen molar-refractivity contribution in [3.05, 3.63) is 47.8 Å². The maximum absolute atomic E-state index is 4.31. The molecule has 0 radical (unpaired) electrons. The topological polar surface area (TPSA) is 56.3 Å². The lowest BCUT2D eigenvalue weighted by molar-refractivity contribution is 0.476. The molecule has 1 aromatic carbocycles. The molecule has 2 aromatic rings. The van der Waals surface area contributed by atoms with E-state index in [1.807, 2.05) is 13.1 Å². The van der Waals surface area contributed by atoms with E-state index in [0.717, 1.165) is 18.2 Å². The number of aromatic nitrogens is 2. The Morgan fingerprint density at radius 2 is 2.10 bits per heavy atom. The van der Waals surface area contributed by atoms with Gasteiger partial charge in [0.05, 0.1) is 12.2 Å². The van der Waals surface area contributed by atoms with Gasteiger partial charge in [-0.25, -0.2) is 0 Å². The van der Waals surface area contributed by atoms with E-state index in [0.29, 0.717) is 6.54 Å². The van der Waals surface area contributed by atoms with E-state index in [9.17, 15) is 0 Å². The van der Waals surface area contributed by atoms with Crippen molar-refractivity contribution in [2.45, 2.75) is 18.0 Å². The summed E-state index contributed by atoms with van der Waals surface area (Å²) in [6.45, 7) is 1.50. The molecule has 1 aromatic heterocycles. The molecule has 0 aliphatic carbocycles. The van der Waals surface area contributed by atoms with Crippen LogP contribution in [0.4, 0.5) is 0 Å². The second-order valence-electron chi connectivity index (χ2n) is 4.69. The van der Waals surface area contributed by atoms with Gasteiger partial charge in [-0.2, -0.15) is 5.10 Å². The Morgan fingerprint density at radius 1 is 1.33 bits per heavy atom. The number of nitrogens with zero attached hydrogens (tertiary/aromatic N) is 3. The lowest BCUT2D eigenvalue weighted by atomic mass is 10.2. The standard InChI is InChI=1S/C15H21N5S/c1-16-15(17-10-13-8-9-18-19-13)20(2)11-12-4-6-14(21-3)7-5-12/h4-9H,10-11H2,1-3H3,(H,16,17)(H,18,19). The summed E-state index contributed by atoms with van der Waals surface area (Å²) < 4.78 is 0. The molecule has 0 saturated carbocycles. The minimum absolute atomic E-state index is 0.683. The maximum atomic E-state index is 4.31. The molecule has 2 rings (SSSR count). The number of hydrogen-bond donors (Lipinski definition) is 2. The molecule has 0 unspecified atom stereocenters. The highest BCUT2D eigenvalue weighted by atomic mass is 32.2. The van der Waals surface area contributed by atoms with Gasteiger partial charge in [0, 0.05) is 31.7 Å². The van der Waals surface area contributed by atoms with Crippen LogP contribution in [0, 0.1) is 0 Å². The van der Waals surface area contributed by atoms with Crippen LogP contribution in [0.3, 0.4) is 0 Å². The highest BCUT2D eigenvalue weighted by molar-refractivity contribution is 7.98. The minimum Gasteiger partial charge on any atom is -0.351 e. The molecule has 0 fully saturated rings. The summed E-state index contributed by atoms with van der Waals surface area (Å²) in [6.07, 6.45) is 3.83. The van der Waals surface area contributed by atoms with Crippen molar-refractivity contribution < 1.29 is 0 Å². The number of hydrogen-bond acceptors (Lipinski definition) is 3. The van der Waals surface area contributed by atoms with E-state index in [1.165, 1.54) is 10.5 Å². The van der Waals surface area contributed by atoms with Crippen molar-refractivity contribution >= 4 is 17.7 Å². The fourth-order valence-electron chi connectivity index (χ4n) is 2.02. The minimum atomic E-state index is 0.683. The first-order chi connectivity index (χ1) is 10.2. The summed E-state index contributed by atoms with van der Waals surface area (Å²) in [5.41, 5.74) is 2.30. The molecular weight excluding hydrogens is 282 g/mol. The van der Waals surface area contributed by atoms with Crippen LogP contribution >= 0.6 is 11.8 Å². The highest BCUT2D eigenvalue weighted by Crippen LogP contribution is 2.15. The Kier molecular flexibility index (Phi) is 5.68. The summed E-state index contributed by atoms with van der Waals surface area (Å²) >= 11 is 1.75. The molecule has 0 bridgehead atoms. The molecule has 0 atom stereocenters. The van der Waals surface area contributed by atoms with Gasteiger partial charge >= 0.3 is 0 Å². The van der Waals surface area contributed by atoms with Crippen molar-refractivity contribution in [2.75, 3.05) is 20.4 Å². The van der Waals surface area contributed by atoms with Crippen LogP contribution in [-0.2, 0) is 13.1 Å². The zero-order valence-electron chi connectivity index (χ0n) is 12.6. The monoisotopic (exact) mass is 303 g/mol. The van der Waals surface area contributed by atoms with Gasteiger partial charge in [-0.05, 0) is 30.0 Å². The number of nitrogens with one attached hydrogen (secondary N) is 2. The van der Waals surface area contributed by atoms with Crippen molar-refractivity contribution in [1.29, 1.82) is 0 Å². The first-order valence-electron chi connectivity index (χ1n) is 6.76. The maximum Gasteiger partial charge on any atom is 0.194 e. The Morgan fingerprint density at radius 3 is 2.67 bits per heavy atom. The third-order valence-electron chi connectivity index (χ3n) is 3.15. The average Bonchev–Trinajstić information content (AvgIpc) is 3.02. The van der Waals surface area contributed by atoms with E-state index in [2.05, 4.69) is 55.9 Å². The van der Waals surface area contributed by atoms with Crippen LogP contribution in [0.1, 0.15) is 11.3 Å². The van der Waals surface area contributed by atoms with Gasteiger partial charge in [0.2, 0.25) is 0 Å². The van der Waals surface area contributed by atoms with Gasteiger partial charge in [-0.1, -0.05) is 12.1 Å². The van der Waals surface area contributed by atoms with Crippen LogP contribution in [0.15, 0.2) is 46.4 Å². The van der Waals surface area contributed by atoms with E-state index in [4.69, 9.17) is 0 Å². The molecule has 0 aliphatic heterocycles. The Hall–Kier alpha value is -1.95. The number of aliphatic imine (C=N–C) groups is 1. The second-order valence-corrected chi connectivity index (χ2v) is 5.57. The number of thioether (sulfide) groups is 1. The summed E-state index contributed by atoms with van der Waals surface area (Å²) in [7, 11) is 3.83. The zero-order chi connectivity index (χ0) is 15.1. The van der Waals surface area contributed by atoms with Crippen molar-refractivity contribution in [3.63, 3.8) is 0 Å². The number of H-pyrrole nitrogens is 1. The Labute approximate surface area is 129 Å². The lowest BCUT2D eigenvalue weighted by Crippen LogP contribution is -2.38. The SMILES string of the molecule is CN=C(NCc1ccn[nH]1)N(C)Cc1ccc(SC)cc1.